The smallest absolute Gasteiger partial charge is 0.408 e. The highest BCUT2D eigenvalue weighted by molar-refractivity contribution is 7.14. The summed E-state index contributed by atoms with van der Waals surface area (Å²) in [6.07, 6.45) is 2.61. The molecule has 1 amide bonds. The third kappa shape index (κ3) is 6.58. The summed E-state index contributed by atoms with van der Waals surface area (Å²) in [4.78, 5) is 47.1. The second-order valence-corrected chi connectivity index (χ2v) is 8.58. The number of ketones is 1. The molecule has 0 saturated heterocycles. The van der Waals surface area contributed by atoms with Gasteiger partial charge in [-0.25, -0.2) is 14.6 Å². The molecule has 8 nitrogen and oxygen atoms in total. The van der Waals surface area contributed by atoms with Gasteiger partial charge in [-0.05, 0) is 38.5 Å². The molecule has 0 unspecified atom stereocenters. The minimum atomic E-state index is -0.923. The van der Waals surface area contributed by atoms with Crippen LogP contribution in [0.4, 0.5) is 10.5 Å². The molecule has 0 fully saturated rings. The number of carbonyl (C=O) groups excluding carboxylic acids is 2. The first-order valence-electron chi connectivity index (χ1n) is 9.47. The number of benzene rings is 1. The fraction of sp³-hybridized carbons (Fsp3) is 0.318. The average Bonchev–Trinajstić information content (AvgIpc) is 3.14. The number of aromatic nitrogens is 1. The van der Waals surface area contributed by atoms with Crippen molar-refractivity contribution in [3.8, 4) is 0 Å². The zero-order valence-electron chi connectivity index (χ0n) is 18.0. The Bertz CT molecular complexity index is 964. The van der Waals surface area contributed by atoms with Crippen molar-refractivity contribution in [2.75, 3.05) is 7.11 Å². The van der Waals surface area contributed by atoms with E-state index in [4.69, 9.17) is 4.74 Å². The minimum absolute atomic E-state index is 0.177. The van der Waals surface area contributed by atoms with Crippen molar-refractivity contribution in [2.45, 2.75) is 38.8 Å². The van der Waals surface area contributed by atoms with Crippen LogP contribution >= 0.6 is 11.3 Å². The standard InChI is InChI=1S/C22H25N3O5S/c1-7-16-18(8-2)31-20(23-16)19(26)17(24-21(27)30-22(3,4)5)13-14-9-11-15(12-10-14)25(28)29-6/h7-12,17H,1-2,13H2,3-6H3/p+1/t17-/m0/s1. The van der Waals surface area contributed by atoms with E-state index in [2.05, 4.69) is 28.3 Å². The molecule has 0 aliphatic heterocycles. The number of thiazole rings is 1. The lowest BCUT2D eigenvalue weighted by Gasteiger charge is -2.22. The van der Waals surface area contributed by atoms with E-state index in [1.54, 1.807) is 57.2 Å². The van der Waals surface area contributed by atoms with Crippen LogP contribution < -0.4 is 5.32 Å². The predicted molar refractivity (Wildman–Crippen MR) is 120 cm³/mol. The fourth-order valence-electron chi connectivity index (χ4n) is 2.64. The number of hydrogen-bond donors (Lipinski definition) is 1. The molecular weight excluding hydrogens is 418 g/mol. The molecule has 0 radical (unpaired) electrons. The molecule has 2 rings (SSSR count). The summed E-state index contributed by atoms with van der Waals surface area (Å²) in [5.41, 5.74) is 0.871. The Morgan fingerprint density at radius 1 is 1.23 bits per heavy atom. The Morgan fingerprint density at radius 2 is 1.87 bits per heavy atom. The van der Waals surface area contributed by atoms with Crippen molar-refractivity contribution in [2.24, 2.45) is 0 Å². The monoisotopic (exact) mass is 444 g/mol. The van der Waals surface area contributed by atoms with Crippen molar-refractivity contribution in [3.63, 3.8) is 0 Å². The Labute approximate surface area is 185 Å². The Hall–Kier alpha value is -3.33. The summed E-state index contributed by atoms with van der Waals surface area (Å²) in [6, 6.07) is 5.57. The molecule has 0 aliphatic rings. The van der Waals surface area contributed by atoms with E-state index >= 15 is 0 Å². The fourth-order valence-corrected chi connectivity index (χ4v) is 3.56. The van der Waals surface area contributed by atoms with Gasteiger partial charge in [-0.3, -0.25) is 4.79 Å². The highest BCUT2D eigenvalue weighted by Gasteiger charge is 2.28. The van der Waals surface area contributed by atoms with Crippen molar-refractivity contribution in [1.82, 2.24) is 10.3 Å². The lowest BCUT2D eigenvalue weighted by atomic mass is 10.0. The van der Waals surface area contributed by atoms with Gasteiger partial charge in [0.15, 0.2) is 12.1 Å². The summed E-state index contributed by atoms with van der Waals surface area (Å²) in [7, 11) is 1.27. The van der Waals surface area contributed by atoms with Crippen LogP contribution in [0.15, 0.2) is 37.4 Å². The Balaban J connectivity index is 2.31. The molecule has 1 N–H and O–H groups in total. The summed E-state index contributed by atoms with van der Waals surface area (Å²) in [5, 5.41) is 2.87. The van der Waals surface area contributed by atoms with Crippen LogP contribution in [0.1, 0.15) is 46.7 Å². The number of carbonyl (C=O) groups is 2. The molecule has 9 heteroatoms. The molecule has 0 spiro atoms. The molecule has 1 aromatic carbocycles. The van der Waals surface area contributed by atoms with Gasteiger partial charge >= 0.3 is 11.8 Å². The molecule has 31 heavy (non-hydrogen) atoms. The van der Waals surface area contributed by atoms with Crippen molar-refractivity contribution in [1.29, 1.82) is 0 Å². The molecule has 0 saturated carbocycles. The van der Waals surface area contributed by atoms with Gasteiger partial charge in [-0.15, -0.1) is 11.3 Å². The zero-order chi connectivity index (χ0) is 23.2. The number of Topliss-reactive ketones (excluding diaryl/α,β-unsaturated/α-hetero) is 1. The normalized spacial score (nSPS) is 11.9. The van der Waals surface area contributed by atoms with Gasteiger partial charge in [-0.2, -0.15) is 0 Å². The number of nitrogens with zero attached hydrogens (tertiary/aromatic N) is 2. The predicted octanol–water partition coefficient (Wildman–Crippen LogP) is 4.72. The topological polar surface area (TPSA) is 97.6 Å². The lowest BCUT2D eigenvalue weighted by molar-refractivity contribution is -0.736. The van der Waals surface area contributed by atoms with Crippen LogP contribution in [0.2, 0.25) is 0 Å². The summed E-state index contributed by atoms with van der Waals surface area (Å²) in [5.74, 6) is -0.363. The SMILES string of the molecule is C=Cc1nc(C(=O)[C@H](Cc2ccc([N+](=O)OC)cc2)NC(=O)OC(C)(C)C)sc1C=C. The second-order valence-electron chi connectivity index (χ2n) is 7.55. The Kier molecular flexibility index (Phi) is 7.82. The average molecular weight is 445 g/mol. The van der Waals surface area contributed by atoms with E-state index in [0.717, 1.165) is 5.56 Å². The van der Waals surface area contributed by atoms with Gasteiger partial charge < -0.3 is 10.1 Å². The molecule has 1 atom stereocenters. The van der Waals surface area contributed by atoms with Gasteiger partial charge in [0.25, 0.3) is 4.92 Å². The number of alkyl carbamates (subject to hydrolysis) is 1. The van der Waals surface area contributed by atoms with Crippen LogP contribution in [0, 0.1) is 4.91 Å². The first kappa shape index (κ1) is 23.9. The Morgan fingerprint density at radius 3 is 2.35 bits per heavy atom. The van der Waals surface area contributed by atoms with Crippen LogP contribution in [0.3, 0.4) is 0 Å². The van der Waals surface area contributed by atoms with Crippen molar-refractivity contribution < 1.29 is 24.1 Å². The number of hydrogen-bond acceptors (Lipinski definition) is 7. The minimum Gasteiger partial charge on any atom is -0.444 e. The first-order valence-corrected chi connectivity index (χ1v) is 10.3. The maximum Gasteiger partial charge on any atom is 0.408 e. The van der Waals surface area contributed by atoms with Crippen LogP contribution in [0.25, 0.3) is 12.2 Å². The maximum atomic E-state index is 13.2. The van der Waals surface area contributed by atoms with Gasteiger partial charge in [0, 0.05) is 18.6 Å². The van der Waals surface area contributed by atoms with Crippen LogP contribution in [-0.4, -0.2) is 40.5 Å². The van der Waals surface area contributed by atoms with E-state index < -0.39 is 17.7 Å². The van der Waals surface area contributed by atoms with E-state index in [1.807, 2.05) is 0 Å². The van der Waals surface area contributed by atoms with E-state index in [-0.39, 0.29) is 17.2 Å². The third-order valence-corrected chi connectivity index (χ3v) is 5.11. The summed E-state index contributed by atoms with van der Waals surface area (Å²) < 4.78 is 5.31. The quantitative estimate of drug-likeness (QED) is 0.444. The number of rotatable bonds is 9. The molecule has 0 bridgehead atoms. The van der Waals surface area contributed by atoms with Crippen LogP contribution in [0.5, 0.6) is 0 Å². The summed E-state index contributed by atoms with van der Waals surface area (Å²) in [6.45, 7) is 12.6. The first-order chi connectivity index (χ1) is 14.6. The second kappa shape index (κ2) is 10.1. The van der Waals surface area contributed by atoms with Gasteiger partial charge in [0.05, 0.1) is 15.5 Å². The van der Waals surface area contributed by atoms with Crippen molar-refractivity contribution in [3.05, 3.63) is 63.5 Å². The van der Waals surface area contributed by atoms with E-state index in [9.17, 15) is 14.5 Å². The van der Waals surface area contributed by atoms with Crippen LogP contribution in [-0.2, 0) is 16.0 Å². The van der Waals surface area contributed by atoms with Gasteiger partial charge in [-0.1, -0.05) is 25.3 Å². The summed E-state index contributed by atoms with van der Waals surface area (Å²) >= 11 is 1.17. The highest BCUT2D eigenvalue weighted by Crippen LogP contribution is 2.23. The van der Waals surface area contributed by atoms with E-state index in [0.29, 0.717) is 21.2 Å². The largest absolute Gasteiger partial charge is 0.444 e. The van der Waals surface area contributed by atoms with Crippen molar-refractivity contribution >= 4 is 41.1 Å². The third-order valence-electron chi connectivity index (χ3n) is 4.03. The maximum absolute atomic E-state index is 13.2. The molecule has 0 aliphatic carbocycles. The van der Waals surface area contributed by atoms with E-state index in [1.165, 1.54) is 18.4 Å². The number of ether oxygens (including phenoxy) is 1. The van der Waals surface area contributed by atoms with Gasteiger partial charge in [0.1, 0.15) is 11.6 Å². The molecule has 164 valence electrons. The lowest BCUT2D eigenvalue weighted by Crippen LogP contribution is -2.44. The zero-order valence-corrected chi connectivity index (χ0v) is 18.8. The number of nitrogens with one attached hydrogen (secondary N) is 1. The van der Waals surface area contributed by atoms with Gasteiger partial charge in [0.2, 0.25) is 5.78 Å². The molecule has 1 heterocycles. The number of amides is 1. The molecular formula is C22H26N3O5S+. The molecule has 2 aromatic rings. The molecule has 1 aromatic heterocycles. The highest BCUT2D eigenvalue weighted by atomic mass is 32.1.